The fourth-order valence-electron chi connectivity index (χ4n) is 1.40. The van der Waals surface area contributed by atoms with Crippen LogP contribution in [0.1, 0.15) is 13.8 Å². The Balaban J connectivity index is 2.61. The molecule has 2 atom stereocenters. The lowest BCUT2D eigenvalue weighted by Crippen LogP contribution is -2.20. The third-order valence-corrected chi connectivity index (χ3v) is 4.01. The highest BCUT2D eigenvalue weighted by molar-refractivity contribution is 7.85. The lowest BCUT2D eigenvalue weighted by atomic mass is 10.2. The van der Waals surface area contributed by atoms with Crippen molar-refractivity contribution in [1.29, 1.82) is 0 Å². The second-order valence-corrected chi connectivity index (χ2v) is 5.34. The van der Waals surface area contributed by atoms with Gasteiger partial charge in [0.1, 0.15) is 5.75 Å². The molecule has 0 amide bonds. The predicted molar refractivity (Wildman–Crippen MR) is 70.1 cm³/mol. The largest absolute Gasteiger partial charge is 0.497 e. The van der Waals surface area contributed by atoms with E-state index in [1.807, 2.05) is 0 Å². The van der Waals surface area contributed by atoms with E-state index < -0.39 is 10.8 Å². The van der Waals surface area contributed by atoms with Crippen LogP contribution in [0.25, 0.3) is 0 Å². The van der Waals surface area contributed by atoms with Crippen LogP contribution in [0.3, 0.4) is 0 Å². The number of esters is 1. The van der Waals surface area contributed by atoms with Gasteiger partial charge in [-0.15, -0.1) is 0 Å². The van der Waals surface area contributed by atoms with Gasteiger partial charge in [-0.1, -0.05) is 6.92 Å². The third-order valence-electron chi connectivity index (χ3n) is 2.41. The van der Waals surface area contributed by atoms with Crippen LogP contribution in [-0.4, -0.2) is 29.6 Å². The lowest BCUT2D eigenvalue weighted by molar-refractivity contribution is -0.146. The van der Waals surface area contributed by atoms with Gasteiger partial charge in [0.05, 0.1) is 30.4 Å². The lowest BCUT2D eigenvalue weighted by Gasteiger charge is -2.10. The van der Waals surface area contributed by atoms with Crippen LogP contribution in [0.15, 0.2) is 29.2 Å². The SMILES string of the molecule is CCOC(=O)C(C)CS(=O)c1ccc(OC)cc1. The van der Waals surface area contributed by atoms with Crippen LogP contribution in [0.4, 0.5) is 0 Å². The zero-order chi connectivity index (χ0) is 13.5. The van der Waals surface area contributed by atoms with Crippen molar-refractivity contribution in [2.75, 3.05) is 19.5 Å². The number of ether oxygens (including phenoxy) is 2. The molecule has 0 fully saturated rings. The summed E-state index contributed by atoms with van der Waals surface area (Å²) in [6.07, 6.45) is 0. The summed E-state index contributed by atoms with van der Waals surface area (Å²) in [4.78, 5) is 12.1. The second kappa shape index (κ2) is 7.16. The Morgan fingerprint density at radius 1 is 1.33 bits per heavy atom. The van der Waals surface area contributed by atoms with Gasteiger partial charge < -0.3 is 9.47 Å². The van der Waals surface area contributed by atoms with Gasteiger partial charge in [-0.05, 0) is 31.2 Å². The van der Waals surface area contributed by atoms with E-state index >= 15 is 0 Å². The van der Waals surface area contributed by atoms with E-state index in [1.54, 1.807) is 45.2 Å². The Hall–Kier alpha value is -1.36. The first-order valence-corrected chi connectivity index (χ1v) is 7.09. The highest BCUT2D eigenvalue weighted by Gasteiger charge is 2.18. The maximum atomic E-state index is 12.0. The number of benzene rings is 1. The van der Waals surface area contributed by atoms with Crippen LogP contribution in [0, 0.1) is 5.92 Å². The molecule has 0 aliphatic rings. The first-order valence-electron chi connectivity index (χ1n) is 5.77. The number of hydrogen-bond acceptors (Lipinski definition) is 4. The Kier molecular flexibility index (Phi) is 5.85. The minimum Gasteiger partial charge on any atom is -0.497 e. The van der Waals surface area contributed by atoms with Crippen molar-refractivity contribution in [1.82, 2.24) is 0 Å². The molecule has 0 heterocycles. The van der Waals surface area contributed by atoms with E-state index in [1.165, 1.54) is 0 Å². The van der Waals surface area contributed by atoms with Gasteiger partial charge in [-0.3, -0.25) is 9.00 Å². The molecule has 0 saturated carbocycles. The molecule has 5 heteroatoms. The molecule has 0 aliphatic heterocycles. The summed E-state index contributed by atoms with van der Waals surface area (Å²) >= 11 is 0. The Bertz CT molecular complexity index is 414. The normalized spacial score (nSPS) is 13.7. The van der Waals surface area contributed by atoms with E-state index in [0.717, 1.165) is 0 Å². The monoisotopic (exact) mass is 270 g/mol. The molecule has 1 aromatic carbocycles. The molecule has 0 N–H and O–H groups in total. The molecule has 2 unspecified atom stereocenters. The maximum absolute atomic E-state index is 12.0. The molecule has 0 radical (unpaired) electrons. The molecule has 0 saturated heterocycles. The minimum atomic E-state index is -1.20. The first kappa shape index (κ1) is 14.7. The number of rotatable bonds is 6. The van der Waals surface area contributed by atoms with Gasteiger partial charge >= 0.3 is 5.97 Å². The third kappa shape index (κ3) is 4.14. The summed E-state index contributed by atoms with van der Waals surface area (Å²) < 4.78 is 21.9. The van der Waals surface area contributed by atoms with Gasteiger partial charge in [0.25, 0.3) is 0 Å². The number of carbonyl (C=O) groups is 1. The summed E-state index contributed by atoms with van der Waals surface area (Å²) in [6.45, 7) is 3.82. The van der Waals surface area contributed by atoms with Gasteiger partial charge in [0.15, 0.2) is 0 Å². The van der Waals surface area contributed by atoms with Crippen molar-refractivity contribution in [2.45, 2.75) is 18.7 Å². The molecule has 0 aromatic heterocycles. The van der Waals surface area contributed by atoms with Crippen LogP contribution in [0.2, 0.25) is 0 Å². The minimum absolute atomic E-state index is 0.269. The summed E-state index contributed by atoms with van der Waals surface area (Å²) in [5.74, 6) is 0.312. The fourth-order valence-corrected chi connectivity index (χ4v) is 2.63. The molecule has 4 nitrogen and oxygen atoms in total. The first-order chi connectivity index (χ1) is 8.58. The second-order valence-electron chi connectivity index (χ2n) is 3.84. The summed E-state index contributed by atoms with van der Waals surface area (Å²) in [5, 5.41) is 0. The Morgan fingerprint density at radius 3 is 2.44 bits per heavy atom. The van der Waals surface area contributed by atoms with Crippen molar-refractivity contribution >= 4 is 16.8 Å². The van der Waals surface area contributed by atoms with Gasteiger partial charge in [0.2, 0.25) is 0 Å². The molecule has 1 rings (SSSR count). The van der Waals surface area contributed by atoms with Crippen molar-refractivity contribution in [3.8, 4) is 5.75 Å². The summed E-state index contributed by atoms with van der Waals surface area (Å²) in [5.41, 5.74) is 0. The zero-order valence-corrected chi connectivity index (χ0v) is 11.7. The van der Waals surface area contributed by atoms with Gasteiger partial charge in [-0.25, -0.2) is 0 Å². The Labute approximate surface area is 110 Å². The van der Waals surface area contributed by atoms with Crippen LogP contribution >= 0.6 is 0 Å². The van der Waals surface area contributed by atoms with Crippen molar-refractivity contribution in [3.05, 3.63) is 24.3 Å². The van der Waals surface area contributed by atoms with E-state index in [-0.39, 0.29) is 17.6 Å². The molecular formula is C13H18O4S. The molecule has 100 valence electrons. The van der Waals surface area contributed by atoms with Crippen LogP contribution in [0.5, 0.6) is 5.75 Å². The van der Waals surface area contributed by atoms with Crippen molar-refractivity contribution in [3.63, 3.8) is 0 Å². The Morgan fingerprint density at radius 2 is 1.94 bits per heavy atom. The summed E-state index contributed by atoms with van der Waals surface area (Å²) in [6, 6.07) is 6.99. The highest BCUT2D eigenvalue weighted by atomic mass is 32.2. The molecule has 0 spiro atoms. The van der Waals surface area contributed by atoms with Crippen molar-refractivity contribution in [2.24, 2.45) is 5.92 Å². The smallest absolute Gasteiger partial charge is 0.309 e. The molecule has 18 heavy (non-hydrogen) atoms. The quantitative estimate of drug-likeness (QED) is 0.742. The predicted octanol–water partition coefficient (Wildman–Crippen LogP) is 2.00. The van der Waals surface area contributed by atoms with E-state index in [9.17, 15) is 9.00 Å². The topological polar surface area (TPSA) is 52.6 Å². The number of methoxy groups -OCH3 is 1. The average Bonchev–Trinajstić information content (AvgIpc) is 2.39. The number of hydrogen-bond donors (Lipinski definition) is 0. The maximum Gasteiger partial charge on any atom is 0.309 e. The standard InChI is InChI=1S/C13H18O4S/c1-4-17-13(14)10(2)9-18(15)12-7-5-11(16-3)6-8-12/h5-8,10H,4,9H2,1-3H3. The fraction of sp³-hybridized carbons (Fsp3) is 0.462. The van der Waals surface area contributed by atoms with E-state index in [2.05, 4.69) is 0 Å². The molecular weight excluding hydrogens is 252 g/mol. The molecule has 1 aromatic rings. The molecule has 0 bridgehead atoms. The zero-order valence-electron chi connectivity index (χ0n) is 10.8. The average molecular weight is 270 g/mol. The van der Waals surface area contributed by atoms with Gasteiger partial charge in [0, 0.05) is 10.6 Å². The highest BCUT2D eigenvalue weighted by Crippen LogP contribution is 2.16. The van der Waals surface area contributed by atoms with E-state index in [0.29, 0.717) is 17.3 Å². The van der Waals surface area contributed by atoms with Crippen molar-refractivity contribution < 1.29 is 18.5 Å². The molecule has 0 aliphatic carbocycles. The van der Waals surface area contributed by atoms with Crippen LogP contribution in [-0.2, 0) is 20.3 Å². The van der Waals surface area contributed by atoms with E-state index in [4.69, 9.17) is 9.47 Å². The van der Waals surface area contributed by atoms with Gasteiger partial charge in [-0.2, -0.15) is 0 Å². The summed E-state index contributed by atoms with van der Waals surface area (Å²) in [7, 11) is 0.374. The number of carbonyl (C=O) groups excluding carboxylic acids is 1. The van der Waals surface area contributed by atoms with Crippen LogP contribution < -0.4 is 4.74 Å².